The molecule has 0 atom stereocenters. The van der Waals surface area contributed by atoms with E-state index >= 15 is 0 Å². The highest BCUT2D eigenvalue weighted by molar-refractivity contribution is 6.42. The van der Waals surface area contributed by atoms with Crippen molar-refractivity contribution in [2.75, 3.05) is 0 Å². The Morgan fingerprint density at radius 1 is 0.905 bits per heavy atom. The zero-order valence-electron chi connectivity index (χ0n) is 11.3. The predicted molar refractivity (Wildman–Crippen MR) is 93.4 cm³/mol. The average molecular weight is 337 g/mol. The maximum Gasteiger partial charge on any atom is 0.0598 e. The molecule has 0 saturated carbocycles. The van der Waals surface area contributed by atoms with E-state index in [1.165, 1.54) is 0 Å². The van der Waals surface area contributed by atoms with Crippen LogP contribution in [0.15, 0.2) is 36.4 Å². The monoisotopic (exact) mass is 335 g/mol. The largest absolute Gasteiger partial charge is 0.358 e. The minimum Gasteiger partial charge on any atom is -0.358 e. The van der Waals surface area contributed by atoms with Gasteiger partial charge >= 0.3 is 0 Å². The van der Waals surface area contributed by atoms with Gasteiger partial charge in [0.2, 0.25) is 0 Å². The number of H-pyrrole nitrogens is 1. The van der Waals surface area contributed by atoms with E-state index in [0.29, 0.717) is 10.0 Å². The van der Waals surface area contributed by atoms with E-state index < -0.39 is 0 Å². The predicted octanol–water partition coefficient (Wildman–Crippen LogP) is 6.61. The van der Waals surface area contributed by atoms with Gasteiger partial charge in [-0.15, -0.1) is 0 Å². The van der Waals surface area contributed by atoms with Crippen molar-refractivity contribution >= 4 is 57.9 Å². The van der Waals surface area contributed by atoms with E-state index in [2.05, 4.69) is 11.1 Å². The molecule has 0 fully saturated rings. The van der Waals surface area contributed by atoms with Gasteiger partial charge in [-0.2, -0.15) is 0 Å². The van der Waals surface area contributed by atoms with Crippen LogP contribution in [0.25, 0.3) is 23.1 Å². The summed E-state index contributed by atoms with van der Waals surface area (Å²) in [4.78, 5) is 3.35. The minimum absolute atomic E-state index is 0.553. The summed E-state index contributed by atoms with van der Waals surface area (Å²) in [5, 5.41) is 2.95. The molecule has 0 bridgehead atoms. The molecular formula is C17H12Cl3N. The maximum absolute atomic E-state index is 6.09. The molecule has 0 saturated heterocycles. The Hall–Kier alpha value is -1.41. The number of nitrogens with one attached hydrogen (secondary N) is 1. The van der Waals surface area contributed by atoms with Crippen molar-refractivity contribution in [3.05, 3.63) is 68.3 Å². The van der Waals surface area contributed by atoms with Crippen LogP contribution >= 0.6 is 34.8 Å². The minimum atomic E-state index is 0.553. The van der Waals surface area contributed by atoms with Crippen molar-refractivity contribution in [1.82, 2.24) is 4.98 Å². The summed E-state index contributed by atoms with van der Waals surface area (Å²) in [6, 6.07) is 11.4. The zero-order valence-corrected chi connectivity index (χ0v) is 13.5. The molecule has 0 aliphatic heterocycles. The third kappa shape index (κ3) is 2.96. The van der Waals surface area contributed by atoms with Gasteiger partial charge in [-0.3, -0.25) is 0 Å². The molecule has 4 heteroatoms. The lowest BCUT2D eigenvalue weighted by molar-refractivity contribution is 1.29. The smallest absolute Gasteiger partial charge is 0.0598 e. The molecule has 1 aromatic heterocycles. The topological polar surface area (TPSA) is 15.8 Å². The van der Waals surface area contributed by atoms with Crippen molar-refractivity contribution < 1.29 is 0 Å². The van der Waals surface area contributed by atoms with Gasteiger partial charge in [0.1, 0.15) is 0 Å². The lowest BCUT2D eigenvalue weighted by Crippen LogP contribution is -1.76. The van der Waals surface area contributed by atoms with E-state index in [4.69, 9.17) is 34.8 Å². The second-order valence-corrected chi connectivity index (χ2v) is 6.11. The molecule has 0 aliphatic rings. The molecule has 0 spiro atoms. The van der Waals surface area contributed by atoms with Gasteiger partial charge in [0.05, 0.1) is 10.0 Å². The quantitative estimate of drug-likeness (QED) is 0.542. The summed E-state index contributed by atoms with van der Waals surface area (Å²) >= 11 is 18.0. The Labute approximate surface area is 138 Å². The van der Waals surface area contributed by atoms with Gasteiger partial charge in [-0.05, 0) is 42.8 Å². The number of rotatable bonds is 2. The summed E-state index contributed by atoms with van der Waals surface area (Å²) in [6.45, 7) is 2.04. The maximum atomic E-state index is 6.09. The number of hydrogen-bond donors (Lipinski definition) is 1. The van der Waals surface area contributed by atoms with E-state index in [1.54, 1.807) is 6.07 Å². The van der Waals surface area contributed by atoms with Crippen LogP contribution in [0.3, 0.4) is 0 Å². The molecule has 2 aromatic carbocycles. The van der Waals surface area contributed by atoms with Crippen LogP contribution in [0.4, 0.5) is 0 Å². The highest BCUT2D eigenvalue weighted by Gasteiger charge is 2.06. The van der Waals surface area contributed by atoms with E-state index in [-0.39, 0.29) is 0 Å². The number of aryl methyl sites for hydroxylation is 1. The molecule has 3 aromatic rings. The average Bonchev–Trinajstić information content (AvgIpc) is 2.75. The fourth-order valence-corrected chi connectivity index (χ4v) is 2.81. The standard InChI is InChI=1S/C17H12Cl3N/c1-10-13(14-9-12(18)4-7-17(14)21-10)5-2-11-3-6-15(19)16(20)8-11/h2-9,21H,1H3/b5-2+. The first-order valence-corrected chi connectivity index (χ1v) is 7.59. The second kappa shape index (κ2) is 5.76. The van der Waals surface area contributed by atoms with Crippen molar-refractivity contribution in [2.24, 2.45) is 0 Å². The molecule has 1 N–H and O–H groups in total. The van der Waals surface area contributed by atoms with Crippen LogP contribution in [0.1, 0.15) is 16.8 Å². The van der Waals surface area contributed by atoms with Gasteiger partial charge in [0, 0.05) is 27.2 Å². The Balaban J connectivity index is 2.04. The first-order chi connectivity index (χ1) is 10.0. The van der Waals surface area contributed by atoms with Crippen LogP contribution in [0, 0.1) is 6.92 Å². The fourth-order valence-electron chi connectivity index (χ4n) is 2.33. The summed E-state index contributed by atoms with van der Waals surface area (Å²) in [5.41, 5.74) is 4.30. The van der Waals surface area contributed by atoms with Crippen LogP contribution in [0.5, 0.6) is 0 Å². The molecule has 1 nitrogen and oxygen atoms in total. The first kappa shape index (κ1) is 14.5. The van der Waals surface area contributed by atoms with Crippen LogP contribution in [-0.2, 0) is 0 Å². The highest BCUT2D eigenvalue weighted by atomic mass is 35.5. The zero-order chi connectivity index (χ0) is 15.0. The van der Waals surface area contributed by atoms with E-state index in [1.807, 2.05) is 43.3 Å². The van der Waals surface area contributed by atoms with Crippen molar-refractivity contribution in [3.8, 4) is 0 Å². The molecule has 3 rings (SSSR count). The van der Waals surface area contributed by atoms with Crippen LogP contribution in [-0.4, -0.2) is 4.98 Å². The Bertz CT molecular complexity index is 847. The Kier molecular flexibility index (Phi) is 3.99. The van der Waals surface area contributed by atoms with Crippen molar-refractivity contribution in [2.45, 2.75) is 6.92 Å². The van der Waals surface area contributed by atoms with Crippen molar-refractivity contribution in [1.29, 1.82) is 0 Å². The number of fused-ring (bicyclic) bond motifs is 1. The lowest BCUT2D eigenvalue weighted by Gasteiger charge is -1.98. The number of benzene rings is 2. The summed E-state index contributed by atoms with van der Waals surface area (Å²) in [7, 11) is 0. The van der Waals surface area contributed by atoms with Crippen molar-refractivity contribution in [3.63, 3.8) is 0 Å². The number of aromatic nitrogens is 1. The summed E-state index contributed by atoms with van der Waals surface area (Å²) in [6.07, 6.45) is 4.07. The number of halogens is 3. The van der Waals surface area contributed by atoms with Crippen LogP contribution in [0.2, 0.25) is 15.1 Å². The Morgan fingerprint density at radius 3 is 2.48 bits per heavy atom. The number of aromatic amines is 1. The van der Waals surface area contributed by atoms with Crippen LogP contribution < -0.4 is 0 Å². The SMILES string of the molecule is Cc1[nH]c2ccc(Cl)cc2c1/C=C/c1ccc(Cl)c(Cl)c1. The van der Waals surface area contributed by atoms with Gasteiger partial charge in [0.25, 0.3) is 0 Å². The molecule has 21 heavy (non-hydrogen) atoms. The molecular weight excluding hydrogens is 325 g/mol. The first-order valence-electron chi connectivity index (χ1n) is 6.45. The fraction of sp³-hybridized carbons (Fsp3) is 0.0588. The molecule has 106 valence electrons. The van der Waals surface area contributed by atoms with Gasteiger partial charge in [-0.1, -0.05) is 53.0 Å². The van der Waals surface area contributed by atoms with E-state index in [0.717, 1.165) is 32.7 Å². The van der Waals surface area contributed by atoms with Gasteiger partial charge in [0.15, 0.2) is 0 Å². The summed E-state index contributed by atoms with van der Waals surface area (Å²) < 4.78 is 0. The second-order valence-electron chi connectivity index (χ2n) is 4.86. The third-order valence-corrected chi connectivity index (χ3v) is 4.36. The lowest BCUT2D eigenvalue weighted by atomic mass is 10.1. The molecule has 0 aliphatic carbocycles. The molecule has 0 unspecified atom stereocenters. The summed E-state index contributed by atoms with van der Waals surface area (Å²) in [5.74, 6) is 0. The van der Waals surface area contributed by atoms with Gasteiger partial charge in [-0.25, -0.2) is 0 Å². The number of hydrogen-bond acceptors (Lipinski definition) is 0. The van der Waals surface area contributed by atoms with Gasteiger partial charge < -0.3 is 4.98 Å². The van der Waals surface area contributed by atoms with E-state index in [9.17, 15) is 0 Å². The molecule has 0 amide bonds. The Morgan fingerprint density at radius 2 is 1.71 bits per heavy atom. The third-order valence-electron chi connectivity index (χ3n) is 3.38. The highest BCUT2D eigenvalue weighted by Crippen LogP contribution is 2.28. The normalized spacial score (nSPS) is 11.6. The molecule has 0 radical (unpaired) electrons. The molecule has 1 heterocycles.